The van der Waals surface area contributed by atoms with Crippen molar-refractivity contribution < 1.29 is 19.2 Å². The van der Waals surface area contributed by atoms with Crippen molar-refractivity contribution in [3.8, 4) is 17.1 Å². The van der Waals surface area contributed by atoms with Gasteiger partial charge in [-0.15, -0.1) is 0 Å². The van der Waals surface area contributed by atoms with Crippen LogP contribution in [0, 0.1) is 0 Å². The van der Waals surface area contributed by atoms with Crippen LogP contribution in [0.1, 0.15) is 10.5 Å². The van der Waals surface area contributed by atoms with E-state index >= 15 is 0 Å². The summed E-state index contributed by atoms with van der Waals surface area (Å²) in [6, 6.07) is 6.87. The van der Waals surface area contributed by atoms with Crippen LogP contribution >= 0.6 is 15.9 Å². The van der Waals surface area contributed by atoms with Crippen molar-refractivity contribution in [2.45, 2.75) is 6.10 Å². The van der Waals surface area contributed by atoms with Gasteiger partial charge in [0.05, 0.1) is 4.47 Å². The van der Waals surface area contributed by atoms with Gasteiger partial charge >= 0.3 is 5.97 Å². The average Bonchev–Trinajstić information content (AvgIpc) is 2.89. The highest BCUT2D eigenvalue weighted by molar-refractivity contribution is 9.10. The number of benzene rings is 1. The highest BCUT2D eigenvalue weighted by Gasteiger charge is 2.25. The summed E-state index contributed by atoms with van der Waals surface area (Å²) in [5.41, 5.74) is 0.624. The summed E-state index contributed by atoms with van der Waals surface area (Å²) in [6.45, 7) is 1.83. The molecule has 0 saturated carbocycles. The second kappa shape index (κ2) is 5.50. The highest BCUT2D eigenvalue weighted by Crippen LogP contribution is 2.32. The van der Waals surface area contributed by atoms with E-state index in [1.165, 1.54) is 6.07 Å². The molecule has 6 nitrogen and oxygen atoms in total. The summed E-state index contributed by atoms with van der Waals surface area (Å²) >= 11 is 3.46. The molecule has 0 amide bonds. The molecule has 1 aliphatic heterocycles. The van der Waals surface area contributed by atoms with Crippen molar-refractivity contribution in [2.24, 2.45) is 0 Å². The third-order valence-electron chi connectivity index (χ3n) is 3.27. The molecule has 2 aromatic rings. The summed E-state index contributed by atoms with van der Waals surface area (Å²) in [5, 5.41) is 12.3. The van der Waals surface area contributed by atoms with Gasteiger partial charge in [-0.3, -0.25) is 4.90 Å². The monoisotopic (exact) mass is 352 g/mol. The molecule has 0 atom stereocenters. The molecule has 110 valence electrons. The van der Waals surface area contributed by atoms with Crippen LogP contribution in [-0.2, 0) is 0 Å². The number of likely N-dealkylation sites (N-methyl/N-ethyl adjacent to an activating group) is 1. The fraction of sp³-hybridized carbons (Fsp3) is 0.286. The van der Waals surface area contributed by atoms with Crippen molar-refractivity contribution in [2.75, 3.05) is 20.1 Å². The lowest BCUT2D eigenvalue weighted by Gasteiger charge is -2.36. The molecule has 0 radical (unpaired) electrons. The zero-order valence-corrected chi connectivity index (χ0v) is 12.8. The topological polar surface area (TPSA) is 75.8 Å². The fourth-order valence-electron chi connectivity index (χ4n) is 2.16. The zero-order valence-electron chi connectivity index (χ0n) is 11.2. The molecular weight excluding hydrogens is 340 g/mol. The number of ether oxygens (including phenoxy) is 1. The second-order valence-electron chi connectivity index (χ2n) is 4.99. The number of hydrogen-bond donors (Lipinski definition) is 1. The summed E-state index contributed by atoms with van der Waals surface area (Å²) in [4.78, 5) is 13.0. The molecule has 21 heavy (non-hydrogen) atoms. The minimum absolute atomic E-state index is 0.112. The molecule has 0 bridgehead atoms. The van der Waals surface area contributed by atoms with E-state index in [0.717, 1.165) is 28.9 Å². The first-order valence-electron chi connectivity index (χ1n) is 6.38. The van der Waals surface area contributed by atoms with Crippen molar-refractivity contribution >= 4 is 21.9 Å². The minimum Gasteiger partial charge on any atom is -0.487 e. The number of aromatic carboxylic acids is 1. The van der Waals surface area contributed by atoms with Gasteiger partial charge in [0.1, 0.15) is 11.9 Å². The quantitative estimate of drug-likeness (QED) is 0.910. The normalized spacial score (nSPS) is 15.7. The molecular formula is C14H13BrN2O4. The summed E-state index contributed by atoms with van der Waals surface area (Å²) in [6.07, 6.45) is 0.209. The Morgan fingerprint density at radius 3 is 2.81 bits per heavy atom. The molecule has 0 aliphatic carbocycles. The van der Waals surface area contributed by atoms with Crippen LogP contribution in [0.4, 0.5) is 0 Å². The number of carbonyl (C=O) groups is 1. The maximum Gasteiger partial charge on any atom is 0.358 e. The van der Waals surface area contributed by atoms with Gasteiger partial charge in [0.2, 0.25) is 0 Å². The van der Waals surface area contributed by atoms with Gasteiger partial charge in [-0.05, 0) is 41.2 Å². The molecule has 1 aromatic carbocycles. The van der Waals surface area contributed by atoms with Crippen molar-refractivity contribution in [1.29, 1.82) is 0 Å². The van der Waals surface area contributed by atoms with E-state index in [1.807, 2.05) is 25.2 Å². The molecule has 1 aromatic heterocycles. The SMILES string of the molecule is CN1CC(Oc2ccc(-c3cc(C(=O)O)no3)cc2Br)C1. The number of hydrogen-bond acceptors (Lipinski definition) is 5. The standard InChI is InChI=1S/C14H13BrN2O4/c1-17-6-9(7-17)20-12-3-2-8(4-10(12)15)13-5-11(14(18)19)16-21-13/h2-5,9H,6-7H2,1H3,(H,18,19). The maximum absolute atomic E-state index is 10.8. The number of aromatic nitrogens is 1. The van der Waals surface area contributed by atoms with Gasteiger partial charge in [-0.1, -0.05) is 5.16 Å². The van der Waals surface area contributed by atoms with Crippen LogP contribution in [-0.4, -0.2) is 47.4 Å². The van der Waals surface area contributed by atoms with Crippen LogP contribution in [0.2, 0.25) is 0 Å². The molecule has 1 aliphatic rings. The average molecular weight is 353 g/mol. The second-order valence-corrected chi connectivity index (χ2v) is 5.84. The van der Waals surface area contributed by atoms with Gasteiger partial charge in [-0.2, -0.15) is 0 Å². The van der Waals surface area contributed by atoms with E-state index in [-0.39, 0.29) is 11.8 Å². The van der Waals surface area contributed by atoms with Crippen LogP contribution < -0.4 is 4.74 Å². The summed E-state index contributed by atoms with van der Waals surface area (Å²) < 4.78 is 11.7. The molecule has 1 fully saturated rings. The first-order valence-corrected chi connectivity index (χ1v) is 7.17. The Morgan fingerprint density at radius 1 is 1.48 bits per heavy atom. The summed E-state index contributed by atoms with van der Waals surface area (Å²) in [5.74, 6) is 0.0518. The van der Waals surface area contributed by atoms with Gasteiger partial charge in [0.15, 0.2) is 11.5 Å². The molecule has 2 heterocycles. The van der Waals surface area contributed by atoms with Crippen LogP contribution in [0.15, 0.2) is 33.3 Å². The minimum atomic E-state index is -1.11. The third kappa shape index (κ3) is 2.93. The molecule has 0 spiro atoms. The summed E-state index contributed by atoms with van der Waals surface area (Å²) in [7, 11) is 2.04. The predicted molar refractivity (Wildman–Crippen MR) is 78.5 cm³/mol. The molecule has 1 N–H and O–H groups in total. The van der Waals surface area contributed by atoms with E-state index in [1.54, 1.807) is 0 Å². The van der Waals surface area contributed by atoms with E-state index in [9.17, 15) is 4.79 Å². The Hall–Kier alpha value is -1.86. The Kier molecular flexibility index (Phi) is 3.69. The lowest BCUT2D eigenvalue weighted by molar-refractivity contribution is 0.0383. The maximum atomic E-state index is 10.8. The van der Waals surface area contributed by atoms with E-state index in [0.29, 0.717) is 5.76 Å². The highest BCUT2D eigenvalue weighted by atomic mass is 79.9. The number of carboxylic acid groups (broad SMARTS) is 1. The van der Waals surface area contributed by atoms with Gasteiger partial charge < -0.3 is 14.4 Å². The van der Waals surface area contributed by atoms with Gasteiger partial charge in [-0.25, -0.2) is 4.79 Å². The van der Waals surface area contributed by atoms with Gasteiger partial charge in [0, 0.05) is 24.7 Å². The number of nitrogens with zero attached hydrogens (tertiary/aromatic N) is 2. The molecule has 7 heteroatoms. The Balaban J connectivity index is 1.78. The Labute approximate surface area is 129 Å². The first-order chi connectivity index (χ1) is 10.0. The lowest BCUT2D eigenvalue weighted by Crippen LogP contribution is -2.51. The first kappa shape index (κ1) is 14.1. The fourth-order valence-corrected chi connectivity index (χ4v) is 2.63. The lowest BCUT2D eigenvalue weighted by atomic mass is 10.1. The van der Waals surface area contributed by atoms with Crippen molar-refractivity contribution in [1.82, 2.24) is 10.1 Å². The van der Waals surface area contributed by atoms with Crippen LogP contribution in [0.3, 0.4) is 0 Å². The number of carboxylic acids is 1. The number of rotatable bonds is 4. The molecule has 1 saturated heterocycles. The van der Waals surface area contributed by atoms with E-state index < -0.39 is 5.97 Å². The largest absolute Gasteiger partial charge is 0.487 e. The smallest absolute Gasteiger partial charge is 0.358 e. The van der Waals surface area contributed by atoms with Crippen molar-refractivity contribution in [3.63, 3.8) is 0 Å². The number of likely N-dealkylation sites (tertiary alicyclic amines) is 1. The van der Waals surface area contributed by atoms with Crippen LogP contribution in [0.5, 0.6) is 5.75 Å². The Bertz CT molecular complexity index is 679. The van der Waals surface area contributed by atoms with Crippen LogP contribution in [0.25, 0.3) is 11.3 Å². The van der Waals surface area contributed by atoms with E-state index in [2.05, 4.69) is 26.0 Å². The number of halogens is 1. The molecule has 3 rings (SSSR count). The predicted octanol–water partition coefficient (Wildman–Crippen LogP) is 2.50. The van der Waals surface area contributed by atoms with E-state index in [4.69, 9.17) is 14.4 Å². The zero-order chi connectivity index (χ0) is 15.0. The van der Waals surface area contributed by atoms with Gasteiger partial charge in [0.25, 0.3) is 0 Å². The molecule has 0 unspecified atom stereocenters. The third-order valence-corrected chi connectivity index (χ3v) is 3.89. The Morgan fingerprint density at radius 2 is 2.24 bits per heavy atom. The van der Waals surface area contributed by atoms with Crippen molar-refractivity contribution in [3.05, 3.63) is 34.4 Å².